The van der Waals surface area contributed by atoms with Crippen LogP contribution in [0.15, 0.2) is 60.7 Å². The van der Waals surface area contributed by atoms with Crippen molar-refractivity contribution in [2.24, 2.45) is 0 Å². The predicted molar refractivity (Wildman–Crippen MR) is 140 cm³/mol. The molecule has 2 aromatic heterocycles. The molecule has 6 heteroatoms. The number of benzene rings is 2. The van der Waals surface area contributed by atoms with Crippen LogP contribution < -0.4 is 0 Å². The highest BCUT2D eigenvalue weighted by Gasteiger charge is 2.22. The van der Waals surface area contributed by atoms with Crippen molar-refractivity contribution in [3.63, 3.8) is 0 Å². The maximum absolute atomic E-state index is 13.0. The number of nitrogens with zero attached hydrogens (tertiary/aromatic N) is 5. The second kappa shape index (κ2) is 10.0. The number of para-hydroxylation sites is 1. The summed E-state index contributed by atoms with van der Waals surface area (Å²) in [6.45, 7) is 10.6. The average Bonchev–Trinajstić information content (AvgIpc) is 3.21. The van der Waals surface area contributed by atoms with Crippen LogP contribution in [0, 0.1) is 20.8 Å². The smallest absolute Gasteiger partial charge is 0.222 e. The molecule has 1 aliphatic rings. The van der Waals surface area contributed by atoms with Crippen molar-refractivity contribution in [2.45, 2.75) is 40.2 Å². The summed E-state index contributed by atoms with van der Waals surface area (Å²) in [7, 11) is 0. The van der Waals surface area contributed by atoms with Crippen LogP contribution in [0.25, 0.3) is 16.7 Å². The van der Waals surface area contributed by atoms with Gasteiger partial charge in [-0.25, -0.2) is 9.67 Å². The summed E-state index contributed by atoms with van der Waals surface area (Å²) in [5, 5.41) is 5.88. The van der Waals surface area contributed by atoms with E-state index in [-0.39, 0.29) is 5.91 Å². The lowest BCUT2D eigenvalue weighted by Gasteiger charge is -2.35. The Hall–Kier alpha value is -3.51. The summed E-state index contributed by atoms with van der Waals surface area (Å²) in [4.78, 5) is 22.4. The molecule has 1 saturated heterocycles. The first kappa shape index (κ1) is 23.2. The molecule has 0 radical (unpaired) electrons. The summed E-state index contributed by atoms with van der Waals surface area (Å²) in [6.07, 6.45) is 1.22. The lowest BCUT2D eigenvalue weighted by atomic mass is 9.99. The molecule has 180 valence electrons. The minimum atomic E-state index is 0.236. The second-order valence-electron chi connectivity index (χ2n) is 9.47. The summed E-state index contributed by atoms with van der Waals surface area (Å²) < 4.78 is 1.93. The molecule has 0 aliphatic carbocycles. The van der Waals surface area contributed by atoms with Gasteiger partial charge in [0.2, 0.25) is 5.91 Å². The van der Waals surface area contributed by atoms with E-state index in [1.54, 1.807) is 0 Å². The van der Waals surface area contributed by atoms with Gasteiger partial charge in [-0.2, -0.15) is 5.10 Å². The first-order valence-corrected chi connectivity index (χ1v) is 12.5. The number of fused-ring (bicyclic) bond motifs is 1. The molecule has 0 unspecified atom stereocenters. The molecule has 3 heterocycles. The Morgan fingerprint density at radius 3 is 2.20 bits per heavy atom. The van der Waals surface area contributed by atoms with Crippen LogP contribution in [-0.2, 0) is 17.8 Å². The first-order valence-electron chi connectivity index (χ1n) is 12.5. The highest BCUT2D eigenvalue weighted by Crippen LogP contribution is 2.28. The summed E-state index contributed by atoms with van der Waals surface area (Å²) >= 11 is 0. The fourth-order valence-corrected chi connectivity index (χ4v) is 5.21. The molecule has 0 spiro atoms. The lowest BCUT2D eigenvalue weighted by Crippen LogP contribution is -2.48. The molecular weight excluding hydrogens is 434 g/mol. The monoisotopic (exact) mass is 467 g/mol. The number of pyridine rings is 1. The first-order chi connectivity index (χ1) is 17.0. The maximum Gasteiger partial charge on any atom is 0.222 e. The fourth-order valence-electron chi connectivity index (χ4n) is 5.21. The predicted octanol–water partition coefficient (Wildman–Crippen LogP) is 4.62. The summed E-state index contributed by atoms with van der Waals surface area (Å²) in [6, 6.07) is 20.7. The second-order valence-corrected chi connectivity index (χ2v) is 9.47. The highest BCUT2D eigenvalue weighted by molar-refractivity contribution is 5.85. The standard InChI is InChI=1S/C29H33N5O/c1-21-26(22(2)30-29-28(21)23(3)31-34(29)25-12-8-5-9-13-25)14-15-27(35)33-18-16-32(17-19-33)20-24-10-6-4-7-11-24/h4-13H,14-20H2,1-3H3. The van der Waals surface area contributed by atoms with E-state index >= 15 is 0 Å². The molecule has 1 amide bonds. The maximum atomic E-state index is 13.0. The van der Waals surface area contributed by atoms with Crippen LogP contribution in [0.4, 0.5) is 0 Å². The minimum absolute atomic E-state index is 0.236. The van der Waals surface area contributed by atoms with Gasteiger partial charge in [0.25, 0.3) is 0 Å². The number of amides is 1. The van der Waals surface area contributed by atoms with Gasteiger partial charge < -0.3 is 4.90 Å². The Morgan fingerprint density at radius 2 is 1.51 bits per heavy atom. The average molecular weight is 468 g/mol. The minimum Gasteiger partial charge on any atom is -0.340 e. The zero-order valence-electron chi connectivity index (χ0n) is 20.9. The van der Waals surface area contributed by atoms with Gasteiger partial charge >= 0.3 is 0 Å². The zero-order chi connectivity index (χ0) is 24.4. The quantitative estimate of drug-likeness (QED) is 0.415. The number of aromatic nitrogens is 3. The van der Waals surface area contributed by atoms with Crippen LogP contribution in [0.1, 0.15) is 34.5 Å². The number of hydrogen-bond acceptors (Lipinski definition) is 4. The van der Waals surface area contributed by atoms with E-state index in [4.69, 9.17) is 10.1 Å². The van der Waals surface area contributed by atoms with E-state index in [1.807, 2.05) is 59.8 Å². The van der Waals surface area contributed by atoms with Crippen LogP contribution in [0.3, 0.4) is 0 Å². The van der Waals surface area contributed by atoms with Gasteiger partial charge in [0.1, 0.15) is 0 Å². The molecule has 1 fully saturated rings. The van der Waals surface area contributed by atoms with Crippen molar-refractivity contribution < 1.29 is 4.79 Å². The Balaban J connectivity index is 1.25. The van der Waals surface area contributed by atoms with E-state index in [9.17, 15) is 4.79 Å². The van der Waals surface area contributed by atoms with Crippen molar-refractivity contribution in [2.75, 3.05) is 26.2 Å². The molecule has 0 N–H and O–H groups in total. The van der Waals surface area contributed by atoms with Crippen molar-refractivity contribution in [1.82, 2.24) is 24.6 Å². The largest absolute Gasteiger partial charge is 0.340 e. The van der Waals surface area contributed by atoms with E-state index in [2.05, 4.69) is 36.1 Å². The third kappa shape index (κ3) is 4.84. The van der Waals surface area contributed by atoms with Gasteiger partial charge in [-0.05, 0) is 56.0 Å². The van der Waals surface area contributed by atoms with Crippen LogP contribution in [0.2, 0.25) is 0 Å². The van der Waals surface area contributed by atoms with Gasteiger partial charge in [-0.15, -0.1) is 0 Å². The summed E-state index contributed by atoms with van der Waals surface area (Å²) in [5.41, 5.74) is 7.52. The van der Waals surface area contributed by atoms with Crippen LogP contribution in [-0.4, -0.2) is 56.7 Å². The van der Waals surface area contributed by atoms with Gasteiger partial charge in [0.15, 0.2) is 5.65 Å². The molecule has 35 heavy (non-hydrogen) atoms. The molecule has 4 aromatic rings. The Kier molecular flexibility index (Phi) is 6.64. The Labute approximate surface area is 207 Å². The number of piperazine rings is 1. The number of hydrogen-bond donors (Lipinski definition) is 0. The van der Waals surface area contributed by atoms with Crippen molar-refractivity contribution in [1.29, 1.82) is 0 Å². The fraction of sp³-hybridized carbons (Fsp3) is 0.345. The Bertz CT molecular complexity index is 1320. The SMILES string of the molecule is Cc1nc2c(c(C)nn2-c2ccccc2)c(C)c1CCC(=O)N1CCN(Cc2ccccc2)CC1. The van der Waals surface area contributed by atoms with Gasteiger partial charge in [-0.1, -0.05) is 48.5 Å². The third-order valence-corrected chi connectivity index (χ3v) is 7.14. The van der Waals surface area contributed by atoms with E-state index < -0.39 is 0 Å². The lowest BCUT2D eigenvalue weighted by molar-refractivity contribution is -0.133. The molecule has 6 nitrogen and oxygen atoms in total. The number of carbonyl (C=O) groups excluding carboxylic acids is 1. The molecule has 1 aliphatic heterocycles. The van der Waals surface area contributed by atoms with Crippen LogP contribution >= 0.6 is 0 Å². The number of aryl methyl sites for hydroxylation is 3. The molecule has 0 saturated carbocycles. The van der Waals surface area contributed by atoms with Crippen molar-refractivity contribution in [3.8, 4) is 5.69 Å². The normalized spacial score (nSPS) is 14.5. The molecule has 0 atom stereocenters. The van der Waals surface area contributed by atoms with E-state index in [0.29, 0.717) is 12.8 Å². The van der Waals surface area contributed by atoms with Crippen molar-refractivity contribution in [3.05, 3.63) is 88.7 Å². The molecule has 5 rings (SSSR count). The third-order valence-electron chi connectivity index (χ3n) is 7.14. The molecule has 2 aromatic carbocycles. The van der Waals surface area contributed by atoms with Gasteiger partial charge in [-0.3, -0.25) is 9.69 Å². The number of rotatable bonds is 6. The van der Waals surface area contributed by atoms with Crippen molar-refractivity contribution >= 4 is 16.9 Å². The van der Waals surface area contributed by atoms with Gasteiger partial charge in [0.05, 0.1) is 11.4 Å². The topological polar surface area (TPSA) is 54.3 Å². The van der Waals surface area contributed by atoms with Gasteiger partial charge in [0, 0.05) is 50.2 Å². The Morgan fingerprint density at radius 1 is 0.857 bits per heavy atom. The highest BCUT2D eigenvalue weighted by atomic mass is 16.2. The summed E-state index contributed by atoms with van der Waals surface area (Å²) in [5.74, 6) is 0.236. The molecular formula is C29H33N5O. The number of carbonyl (C=O) groups is 1. The van der Waals surface area contributed by atoms with Crippen LogP contribution in [0.5, 0.6) is 0 Å². The van der Waals surface area contributed by atoms with E-state index in [1.165, 1.54) is 16.7 Å². The zero-order valence-corrected chi connectivity index (χ0v) is 20.9. The molecule has 0 bridgehead atoms. The van der Waals surface area contributed by atoms with E-state index in [0.717, 1.165) is 60.8 Å².